The largest absolute Gasteiger partial charge is 0.481 e. The number of amides is 1. The first kappa shape index (κ1) is 22.7. The second kappa shape index (κ2) is 10.3. The van der Waals surface area contributed by atoms with Crippen LogP contribution >= 0.6 is 0 Å². The summed E-state index contributed by atoms with van der Waals surface area (Å²) in [6.07, 6.45) is 2.86. The van der Waals surface area contributed by atoms with E-state index < -0.39 is 16.1 Å². The Morgan fingerprint density at radius 2 is 1.86 bits per heavy atom. The first-order valence-corrected chi connectivity index (χ1v) is 11.6. The number of benzene rings is 2. The zero-order valence-corrected chi connectivity index (χ0v) is 18.3. The van der Waals surface area contributed by atoms with Crippen LogP contribution < -0.4 is 14.4 Å². The van der Waals surface area contributed by atoms with E-state index in [0.717, 1.165) is 19.1 Å². The lowest BCUT2D eigenvalue weighted by atomic mass is 10.1. The second-order valence-electron chi connectivity index (χ2n) is 7.12. The van der Waals surface area contributed by atoms with E-state index in [1.165, 1.54) is 22.5 Å². The summed E-state index contributed by atoms with van der Waals surface area (Å²) in [5, 5.41) is 2.94. The zero-order chi connectivity index (χ0) is 21.4. The average molecular weight is 419 g/mol. The van der Waals surface area contributed by atoms with Crippen LogP contribution in [0.25, 0.3) is 0 Å². The van der Waals surface area contributed by atoms with Gasteiger partial charge in [-0.05, 0) is 56.0 Å². The van der Waals surface area contributed by atoms with Crippen molar-refractivity contribution in [1.82, 2.24) is 5.32 Å². The van der Waals surface area contributed by atoms with Gasteiger partial charge in [0, 0.05) is 13.6 Å². The highest BCUT2D eigenvalue weighted by Crippen LogP contribution is 2.21. The van der Waals surface area contributed by atoms with Crippen LogP contribution in [-0.2, 0) is 21.2 Å². The van der Waals surface area contributed by atoms with Gasteiger partial charge < -0.3 is 10.1 Å². The van der Waals surface area contributed by atoms with Crippen LogP contribution in [0.4, 0.5) is 5.69 Å². The maximum absolute atomic E-state index is 12.4. The van der Waals surface area contributed by atoms with Crippen molar-refractivity contribution >= 4 is 21.6 Å². The van der Waals surface area contributed by atoms with E-state index in [2.05, 4.69) is 30.4 Å². The van der Waals surface area contributed by atoms with Gasteiger partial charge in [-0.2, -0.15) is 0 Å². The lowest BCUT2D eigenvalue weighted by Crippen LogP contribution is -2.38. The van der Waals surface area contributed by atoms with Gasteiger partial charge in [-0.25, -0.2) is 8.42 Å². The summed E-state index contributed by atoms with van der Waals surface area (Å²) in [5.41, 5.74) is 3.04. The van der Waals surface area contributed by atoms with Crippen LogP contribution in [0, 0.1) is 6.92 Å². The third-order valence-electron chi connectivity index (χ3n) is 4.66. The number of carbonyl (C=O) groups excluding carboxylic acids is 1. The van der Waals surface area contributed by atoms with Gasteiger partial charge in [-0.15, -0.1) is 0 Å². The second-order valence-corrected chi connectivity index (χ2v) is 9.14. The molecule has 0 aliphatic rings. The summed E-state index contributed by atoms with van der Waals surface area (Å²) in [7, 11) is -1.83. The highest BCUT2D eigenvalue weighted by atomic mass is 32.2. The molecule has 158 valence electrons. The Hall–Kier alpha value is -2.54. The Balaban J connectivity index is 1.84. The maximum atomic E-state index is 12.4. The van der Waals surface area contributed by atoms with Gasteiger partial charge >= 0.3 is 0 Å². The minimum absolute atomic E-state index is 0.144. The van der Waals surface area contributed by atoms with Crippen molar-refractivity contribution in [3.8, 4) is 5.75 Å². The molecule has 0 aromatic heterocycles. The van der Waals surface area contributed by atoms with E-state index in [0.29, 0.717) is 24.4 Å². The molecule has 0 aliphatic carbocycles. The molecule has 6 nitrogen and oxygen atoms in total. The zero-order valence-electron chi connectivity index (χ0n) is 17.5. The van der Waals surface area contributed by atoms with Crippen LogP contribution in [0.3, 0.4) is 0 Å². The summed E-state index contributed by atoms with van der Waals surface area (Å²) in [5.74, 6) is 0.381. The maximum Gasteiger partial charge on any atom is 0.261 e. The number of hydrogen-bond donors (Lipinski definition) is 1. The Labute approximate surface area is 173 Å². The van der Waals surface area contributed by atoms with Gasteiger partial charge in [-0.1, -0.05) is 36.8 Å². The van der Waals surface area contributed by atoms with Gasteiger partial charge in [0.15, 0.2) is 6.10 Å². The molecule has 2 aromatic rings. The number of hydrogen-bond acceptors (Lipinski definition) is 4. The standard InChI is InChI=1S/C22H30N2O4S/c1-5-21(22(25)23-15-7-10-18-9-6-8-17(2)16-18)28-20-13-11-19(12-14-20)24(3)29(4,26)27/h6,8-9,11-14,16,21H,5,7,10,15H2,1-4H3,(H,23,25)/t21-/m0/s1. The van der Waals surface area contributed by atoms with Crippen LogP contribution in [0.2, 0.25) is 0 Å². The molecule has 1 amide bonds. The third-order valence-corrected chi connectivity index (χ3v) is 5.87. The molecule has 1 atom stereocenters. The van der Waals surface area contributed by atoms with Crippen molar-refractivity contribution in [2.45, 2.75) is 39.2 Å². The summed E-state index contributed by atoms with van der Waals surface area (Å²) < 4.78 is 30.2. The van der Waals surface area contributed by atoms with Crippen molar-refractivity contribution < 1.29 is 17.9 Å². The fourth-order valence-corrected chi connectivity index (χ4v) is 3.40. The number of nitrogens with one attached hydrogen (secondary N) is 1. The number of carbonyl (C=O) groups is 1. The monoisotopic (exact) mass is 418 g/mol. The number of nitrogens with zero attached hydrogens (tertiary/aromatic N) is 1. The fraction of sp³-hybridized carbons (Fsp3) is 0.409. The molecule has 1 N–H and O–H groups in total. The highest BCUT2D eigenvalue weighted by molar-refractivity contribution is 7.92. The normalized spacial score (nSPS) is 12.3. The number of ether oxygens (including phenoxy) is 1. The summed E-state index contributed by atoms with van der Waals surface area (Å²) in [6.45, 7) is 4.55. The Bertz CT molecular complexity index is 911. The van der Waals surface area contributed by atoms with Gasteiger partial charge in [-0.3, -0.25) is 9.10 Å². The van der Waals surface area contributed by atoms with E-state index in [1.807, 2.05) is 13.0 Å². The van der Waals surface area contributed by atoms with Crippen molar-refractivity contribution in [3.05, 3.63) is 59.7 Å². The third kappa shape index (κ3) is 7.09. The van der Waals surface area contributed by atoms with Crippen LogP contribution in [0.5, 0.6) is 5.75 Å². The van der Waals surface area contributed by atoms with Gasteiger partial charge in [0.25, 0.3) is 5.91 Å². The molecule has 2 aromatic carbocycles. The molecule has 0 aliphatic heterocycles. The summed E-state index contributed by atoms with van der Waals surface area (Å²) >= 11 is 0. The molecule has 7 heteroatoms. The van der Waals surface area contributed by atoms with Crippen molar-refractivity contribution in [3.63, 3.8) is 0 Å². The highest BCUT2D eigenvalue weighted by Gasteiger charge is 2.18. The molecule has 0 fully saturated rings. The minimum Gasteiger partial charge on any atom is -0.481 e. The van der Waals surface area contributed by atoms with Crippen molar-refractivity contribution in [2.24, 2.45) is 0 Å². The SMILES string of the molecule is CC[C@H](Oc1ccc(N(C)S(C)(=O)=O)cc1)C(=O)NCCCc1cccc(C)c1. The predicted molar refractivity (Wildman–Crippen MR) is 117 cm³/mol. The smallest absolute Gasteiger partial charge is 0.261 e. The fourth-order valence-electron chi connectivity index (χ4n) is 2.90. The summed E-state index contributed by atoms with van der Waals surface area (Å²) in [4.78, 5) is 12.4. The van der Waals surface area contributed by atoms with Crippen LogP contribution in [0.1, 0.15) is 30.9 Å². The topological polar surface area (TPSA) is 75.7 Å². The molecule has 29 heavy (non-hydrogen) atoms. The van der Waals surface area contributed by atoms with Gasteiger partial charge in [0.05, 0.1) is 11.9 Å². The molecule has 0 radical (unpaired) electrons. The van der Waals surface area contributed by atoms with Gasteiger partial charge in [0.2, 0.25) is 10.0 Å². The summed E-state index contributed by atoms with van der Waals surface area (Å²) in [6, 6.07) is 15.0. The minimum atomic E-state index is -3.32. The average Bonchev–Trinajstić information content (AvgIpc) is 2.68. The van der Waals surface area contributed by atoms with E-state index in [4.69, 9.17) is 4.74 Å². The molecule has 0 unspecified atom stereocenters. The first-order valence-electron chi connectivity index (χ1n) is 9.74. The van der Waals surface area contributed by atoms with E-state index in [1.54, 1.807) is 24.3 Å². The number of aryl methyl sites for hydroxylation is 2. The lowest BCUT2D eigenvalue weighted by Gasteiger charge is -2.19. The van der Waals surface area contributed by atoms with Crippen molar-refractivity contribution in [2.75, 3.05) is 24.2 Å². The van der Waals surface area contributed by atoms with E-state index in [9.17, 15) is 13.2 Å². The molecule has 2 rings (SSSR count). The molecular formula is C22H30N2O4S. The Kier molecular flexibility index (Phi) is 8.08. The van der Waals surface area contributed by atoms with Crippen LogP contribution in [0.15, 0.2) is 48.5 Å². The van der Waals surface area contributed by atoms with E-state index in [-0.39, 0.29) is 5.91 Å². The molecule has 0 bridgehead atoms. The molecule has 0 heterocycles. The quantitative estimate of drug-likeness (QED) is 0.601. The van der Waals surface area contributed by atoms with Crippen molar-refractivity contribution in [1.29, 1.82) is 0 Å². The van der Waals surface area contributed by atoms with E-state index >= 15 is 0 Å². The number of anilines is 1. The molecule has 0 saturated heterocycles. The predicted octanol–water partition coefficient (Wildman–Crippen LogP) is 3.30. The number of sulfonamides is 1. The number of rotatable bonds is 10. The molecule has 0 spiro atoms. The molecular weight excluding hydrogens is 388 g/mol. The first-order chi connectivity index (χ1) is 13.7. The van der Waals surface area contributed by atoms with Gasteiger partial charge in [0.1, 0.15) is 5.75 Å². The Morgan fingerprint density at radius 3 is 2.45 bits per heavy atom. The lowest BCUT2D eigenvalue weighted by molar-refractivity contribution is -0.128. The van der Waals surface area contributed by atoms with Crippen LogP contribution in [-0.4, -0.2) is 40.3 Å². The molecule has 0 saturated carbocycles. The Morgan fingerprint density at radius 1 is 1.17 bits per heavy atom.